The summed E-state index contributed by atoms with van der Waals surface area (Å²) in [6, 6.07) is 19.3. The Morgan fingerprint density at radius 3 is 2.40 bits per heavy atom. The number of nitrogens with zero attached hydrogens (tertiary/aromatic N) is 1. The first kappa shape index (κ1) is 17.2. The predicted molar refractivity (Wildman–Crippen MR) is 103 cm³/mol. The van der Waals surface area contributed by atoms with Crippen LogP contribution in [0.5, 0.6) is 0 Å². The lowest BCUT2D eigenvalue weighted by molar-refractivity contribution is -0.129. The largest absolute Gasteiger partial charge is 0.341 e. The number of rotatable bonds is 5. The molecule has 0 aliphatic rings. The standard InChI is InChI=1S/C21H19ClN2O/c1-24(14-17-6-2-5-9-20(17)22)21(25)12-15-10-11-16(13-23)19-8-4-3-7-18(15)19/h2-11,13,23H,12,14H2,1H3. The van der Waals surface area contributed by atoms with Crippen LogP contribution in [0.25, 0.3) is 10.8 Å². The van der Waals surface area contributed by atoms with Crippen LogP contribution in [0.15, 0.2) is 60.7 Å². The summed E-state index contributed by atoms with van der Waals surface area (Å²) in [5, 5.41) is 10.2. The van der Waals surface area contributed by atoms with Crippen molar-refractivity contribution in [3.63, 3.8) is 0 Å². The molecule has 0 aliphatic heterocycles. The zero-order valence-corrected chi connectivity index (χ0v) is 14.8. The van der Waals surface area contributed by atoms with Gasteiger partial charge >= 0.3 is 0 Å². The Hall–Kier alpha value is -2.65. The van der Waals surface area contributed by atoms with E-state index in [0.29, 0.717) is 18.0 Å². The van der Waals surface area contributed by atoms with Crippen LogP contribution in [0.1, 0.15) is 16.7 Å². The van der Waals surface area contributed by atoms with E-state index in [4.69, 9.17) is 17.0 Å². The van der Waals surface area contributed by atoms with E-state index < -0.39 is 0 Å². The Bertz CT molecular complexity index is 936. The Labute approximate surface area is 152 Å². The molecule has 0 fully saturated rings. The van der Waals surface area contributed by atoms with E-state index in [-0.39, 0.29) is 5.91 Å². The van der Waals surface area contributed by atoms with Gasteiger partial charge in [-0.1, -0.05) is 66.2 Å². The van der Waals surface area contributed by atoms with Crippen LogP contribution < -0.4 is 0 Å². The summed E-state index contributed by atoms with van der Waals surface area (Å²) in [5.41, 5.74) is 2.76. The highest BCUT2D eigenvalue weighted by Crippen LogP contribution is 2.23. The van der Waals surface area contributed by atoms with E-state index in [1.807, 2.05) is 60.7 Å². The Kier molecular flexibility index (Phi) is 5.15. The molecule has 25 heavy (non-hydrogen) atoms. The van der Waals surface area contributed by atoms with Crippen LogP contribution >= 0.6 is 11.6 Å². The first-order chi connectivity index (χ1) is 12.1. The van der Waals surface area contributed by atoms with Gasteiger partial charge in [-0.3, -0.25) is 4.79 Å². The van der Waals surface area contributed by atoms with E-state index in [1.165, 1.54) is 6.21 Å². The SMILES string of the molecule is CN(Cc1ccccc1Cl)C(=O)Cc1ccc(C=N)c2ccccc12. The highest BCUT2D eigenvalue weighted by Gasteiger charge is 2.14. The lowest BCUT2D eigenvalue weighted by Crippen LogP contribution is -2.27. The van der Waals surface area contributed by atoms with Crippen molar-refractivity contribution in [2.75, 3.05) is 7.05 Å². The third-order valence-electron chi connectivity index (χ3n) is 4.34. The second-order valence-electron chi connectivity index (χ2n) is 6.02. The van der Waals surface area contributed by atoms with Crippen molar-refractivity contribution in [2.45, 2.75) is 13.0 Å². The monoisotopic (exact) mass is 350 g/mol. The highest BCUT2D eigenvalue weighted by molar-refractivity contribution is 6.31. The van der Waals surface area contributed by atoms with Gasteiger partial charge in [0.15, 0.2) is 0 Å². The summed E-state index contributed by atoms with van der Waals surface area (Å²) >= 11 is 6.19. The molecule has 0 unspecified atom stereocenters. The van der Waals surface area contributed by atoms with Crippen molar-refractivity contribution in [1.82, 2.24) is 4.90 Å². The second kappa shape index (κ2) is 7.49. The number of benzene rings is 3. The topological polar surface area (TPSA) is 44.2 Å². The number of fused-ring (bicyclic) bond motifs is 1. The molecule has 126 valence electrons. The number of carbonyl (C=O) groups is 1. The molecule has 1 N–H and O–H groups in total. The van der Waals surface area contributed by atoms with Gasteiger partial charge in [-0.25, -0.2) is 0 Å². The third kappa shape index (κ3) is 3.72. The van der Waals surface area contributed by atoms with Gasteiger partial charge in [0.1, 0.15) is 0 Å². The van der Waals surface area contributed by atoms with Crippen molar-refractivity contribution in [1.29, 1.82) is 5.41 Å². The van der Waals surface area contributed by atoms with Crippen molar-refractivity contribution in [3.8, 4) is 0 Å². The zero-order chi connectivity index (χ0) is 17.8. The number of carbonyl (C=O) groups excluding carboxylic acids is 1. The van der Waals surface area contributed by atoms with Crippen molar-refractivity contribution in [2.24, 2.45) is 0 Å². The van der Waals surface area contributed by atoms with Gasteiger partial charge in [-0.15, -0.1) is 0 Å². The molecule has 0 radical (unpaired) electrons. The van der Waals surface area contributed by atoms with E-state index in [0.717, 1.165) is 27.5 Å². The molecule has 3 nitrogen and oxygen atoms in total. The molecule has 1 amide bonds. The van der Waals surface area contributed by atoms with Gasteiger partial charge in [0.05, 0.1) is 6.42 Å². The minimum atomic E-state index is 0.0349. The Morgan fingerprint density at radius 1 is 1.00 bits per heavy atom. The molecular weight excluding hydrogens is 332 g/mol. The number of likely N-dealkylation sites (N-methyl/N-ethyl adjacent to an activating group) is 1. The fraction of sp³-hybridized carbons (Fsp3) is 0.143. The van der Waals surface area contributed by atoms with E-state index in [2.05, 4.69) is 0 Å². The summed E-state index contributed by atoms with van der Waals surface area (Å²) in [5.74, 6) is 0.0349. The molecule has 0 saturated heterocycles. The fourth-order valence-corrected chi connectivity index (χ4v) is 3.13. The van der Waals surface area contributed by atoms with Gasteiger partial charge in [0.25, 0.3) is 0 Å². The molecule has 0 bridgehead atoms. The number of nitrogens with one attached hydrogen (secondary N) is 1. The second-order valence-corrected chi connectivity index (χ2v) is 6.43. The Morgan fingerprint density at radius 2 is 1.68 bits per heavy atom. The van der Waals surface area contributed by atoms with Gasteiger partial charge in [0.2, 0.25) is 5.91 Å². The quantitative estimate of drug-likeness (QED) is 0.666. The van der Waals surface area contributed by atoms with Crippen molar-refractivity contribution < 1.29 is 4.79 Å². The predicted octanol–water partition coefficient (Wildman–Crippen LogP) is 4.69. The van der Waals surface area contributed by atoms with Crippen molar-refractivity contribution >= 4 is 34.5 Å². The van der Waals surface area contributed by atoms with E-state index >= 15 is 0 Å². The molecule has 3 aromatic rings. The molecule has 0 aliphatic carbocycles. The van der Waals surface area contributed by atoms with E-state index in [9.17, 15) is 4.79 Å². The smallest absolute Gasteiger partial charge is 0.227 e. The fourth-order valence-electron chi connectivity index (χ4n) is 2.93. The highest BCUT2D eigenvalue weighted by atomic mass is 35.5. The van der Waals surface area contributed by atoms with Gasteiger partial charge in [0, 0.05) is 24.8 Å². The summed E-state index contributed by atoms with van der Waals surface area (Å²) in [4.78, 5) is 14.4. The summed E-state index contributed by atoms with van der Waals surface area (Å²) < 4.78 is 0. The molecular formula is C21H19ClN2O. The lowest BCUT2D eigenvalue weighted by Gasteiger charge is -2.19. The number of halogens is 1. The van der Waals surface area contributed by atoms with Crippen LogP contribution in [0, 0.1) is 5.41 Å². The van der Waals surface area contributed by atoms with Crippen molar-refractivity contribution in [3.05, 3.63) is 82.4 Å². The molecule has 0 aromatic heterocycles. The summed E-state index contributed by atoms with van der Waals surface area (Å²) in [7, 11) is 1.79. The minimum absolute atomic E-state index is 0.0349. The maximum atomic E-state index is 12.7. The normalized spacial score (nSPS) is 10.6. The first-order valence-corrected chi connectivity index (χ1v) is 8.46. The van der Waals surface area contributed by atoms with Crippen LogP contribution in [-0.2, 0) is 17.8 Å². The minimum Gasteiger partial charge on any atom is -0.341 e. The van der Waals surface area contributed by atoms with Crippen LogP contribution in [0.4, 0.5) is 0 Å². The van der Waals surface area contributed by atoms with E-state index in [1.54, 1.807) is 11.9 Å². The van der Waals surface area contributed by atoms with Crippen LogP contribution in [0.3, 0.4) is 0 Å². The third-order valence-corrected chi connectivity index (χ3v) is 4.71. The molecule has 0 saturated carbocycles. The molecule has 3 aromatic carbocycles. The molecule has 0 heterocycles. The average Bonchev–Trinajstić information content (AvgIpc) is 2.63. The van der Waals surface area contributed by atoms with Gasteiger partial charge < -0.3 is 10.3 Å². The van der Waals surface area contributed by atoms with Crippen LogP contribution in [-0.4, -0.2) is 24.1 Å². The lowest BCUT2D eigenvalue weighted by atomic mass is 9.98. The molecule has 4 heteroatoms. The Balaban J connectivity index is 1.82. The average molecular weight is 351 g/mol. The first-order valence-electron chi connectivity index (χ1n) is 8.08. The van der Waals surface area contributed by atoms with Crippen LogP contribution in [0.2, 0.25) is 5.02 Å². The summed E-state index contributed by atoms with van der Waals surface area (Å²) in [6.45, 7) is 0.481. The molecule has 0 atom stereocenters. The zero-order valence-electron chi connectivity index (χ0n) is 14.0. The molecule has 3 rings (SSSR count). The van der Waals surface area contributed by atoms with Gasteiger partial charge in [-0.2, -0.15) is 0 Å². The maximum absolute atomic E-state index is 12.7. The number of hydrogen-bond acceptors (Lipinski definition) is 2. The van der Waals surface area contributed by atoms with Gasteiger partial charge in [-0.05, 0) is 33.5 Å². The molecule has 0 spiro atoms. The number of hydrogen-bond donors (Lipinski definition) is 1. The summed E-state index contributed by atoms with van der Waals surface area (Å²) in [6.07, 6.45) is 1.66. The number of amides is 1. The maximum Gasteiger partial charge on any atom is 0.227 e.